The number of methoxy groups -OCH3 is 3. The maximum atomic E-state index is 13.5. The molecule has 4 aliphatic heterocycles. The predicted octanol–water partition coefficient (Wildman–Crippen LogP) is 14.5. The Bertz CT molecular complexity index is 4040. The Labute approximate surface area is 625 Å². The highest BCUT2D eigenvalue weighted by atomic mass is 79.9. The lowest BCUT2D eigenvalue weighted by Crippen LogP contribution is -2.51. The van der Waals surface area contributed by atoms with Crippen molar-refractivity contribution in [3.05, 3.63) is 166 Å². The number of H-pyrrole nitrogens is 3. The van der Waals surface area contributed by atoms with Gasteiger partial charge in [0.1, 0.15) is 35.6 Å². The number of nitrogens with zero attached hydrogens (tertiary/aromatic N) is 6. The molecule has 0 radical (unpaired) electrons. The second-order valence-corrected chi connectivity index (χ2v) is 30.4. The molecular formula is C78H95BBr2N12O11. The first kappa shape index (κ1) is 77.5. The molecule has 0 unspecified atom stereocenters. The fraction of sp³-hybridized carbons (Fsp3) is 0.423. The van der Waals surface area contributed by atoms with Crippen LogP contribution in [-0.2, 0) is 37.9 Å². The second kappa shape index (κ2) is 34.2. The first-order valence-electron chi connectivity index (χ1n) is 35.5. The molecule has 23 nitrogen and oxygen atoms in total. The average Bonchev–Trinajstić information content (AvgIpc) is 1.63. The number of imidazole rings is 3. The number of likely N-dealkylation sites (tertiary alicyclic amines) is 3. The van der Waals surface area contributed by atoms with Crippen LogP contribution in [0.15, 0.2) is 149 Å². The normalized spacial score (nSPS) is 18.3. The molecule has 6 amide bonds. The van der Waals surface area contributed by atoms with E-state index in [2.05, 4.69) is 151 Å². The Morgan fingerprint density at radius 1 is 0.433 bits per heavy atom. The van der Waals surface area contributed by atoms with Gasteiger partial charge >= 0.3 is 25.4 Å². The van der Waals surface area contributed by atoms with Crippen molar-refractivity contribution in [3.8, 4) is 56.0 Å². The van der Waals surface area contributed by atoms with Gasteiger partial charge in [-0.2, -0.15) is 0 Å². The molecule has 5 aromatic carbocycles. The third-order valence-electron chi connectivity index (χ3n) is 20.0. The lowest BCUT2D eigenvalue weighted by atomic mass is 9.79. The number of amides is 6. The van der Waals surface area contributed by atoms with Gasteiger partial charge in [0.05, 0.1) is 86.3 Å². The molecule has 0 bridgehead atoms. The molecule has 12 rings (SSSR count). The summed E-state index contributed by atoms with van der Waals surface area (Å²) in [5.74, 6) is 1.53. The van der Waals surface area contributed by atoms with E-state index in [4.69, 9.17) is 23.5 Å². The van der Waals surface area contributed by atoms with E-state index in [0.29, 0.717) is 19.6 Å². The number of hydrogen-bond acceptors (Lipinski definition) is 14. The van der Waals surface area contributed by atoms with Crippen LogP contribution in [-0.4, -0.2) is 158 Å². The van der Waals surface area contributed by atoms with Crippen molar-refractivity contribution in [3.63, 3.8) is 0 Å². The molecule has 4 fully saturated rings. The van der Waals surface area contributed by atoms with Crippen LogP contribution in [0.5, 0.6) is 0 Å². The maximum Gasteiger partial charge on any atom is 0.494 e. The van der Waals surface area contributed by atoms with Crippen LogP contribution in [0.3, 0.4) is 0 Å². The quantitative estimate of drug-likeness (QED) is 0.0344. The van der Waals surface area contributed by atoms with Crippen LogP contribution >= 0.6 is 31.9 Å². The summed E-state index contributed by atoms with van der Waals surface area (Å²) in [7, 11) is 3.47. The predicted molar refractivity (Wildman–Crippen MR) is 408 cm³/mol. The van der Waals surface area contributed by atoms with Gasteiger partial charge in [-0.25, -0.2) is 29.3 Å². The zero-order valence-corrected chi connectivity index (χ0v) is 64.5. The number of hydrogen-bond donors (Lipinski definition) is 6. The van der Waals surface area contributed by atoms with Crippen LogP contribution in [0.4, 0.5) is 14.4 Å². The van der Waals surface area contributed by atoms with Gasteiger partial charge in [0.15, 0.2) is 0 Å². The fourth-order valence-corrected chi connectivity index (χ4v) is 13.8. The lowest BCUT2D eigenvalue weighted by Gasteiger charge is -2.32. The van der Waals surface area contributed by atoms with E-state index in [1.165, 1.54) is 21.3 Å². The van der Waals surface area contributed by atoms with Gasteiger partial charge in [-0.05, 0) is 153 Å². The highest BCUT2D eigenvalue weighted by molar-refractivity contribution is 9.11. The van der Waals surface area contributed by atoms with Gasteiger partial charge in [-0.15, -0.1) is 0 Å². The fourth-order valence-electron chi connectivity index (χ4n) is 13.3. The molecule has 0 spiro atoms. The minimum Gasteiger partial charge on any atom is -0.453 e. The van der Waals surface area contributed by atoms with Crippen LogP contribution in [0.25, 0.3) is 56.0 Å². The van der Waals surface area contributed by atoms with Crippen LogP contribution in [0.2, 0.25) is 0 Å². The van der Waals surface area contributed by atoms with Crippen LogP contribution in [0.1, 0.15) is 143 Å². The summed E-state index contributed by atoms with van der Waals surface area (Å²) >= 11 is 6.65. The number of carbonyl (C=O) groups is 6. The highest BCUT2D eigenvalue weighted by Crippen LogP contribution is 2.39. The molecule has 0 saturated carbocycles. The summed E-state index contributed by atoms with van der Waals surface area (Å²) in [6.45, 7) is 21.4. The summed E-state index contributed by atoms with van der Waals surface area (Å²) < 4.78 is 28.8. The number of ether oxygens (including phenoxy) is 3. The van der Waals surface area contributed by atoms with Crippen molar-refractivity contribution in [2.45, 2.75) is 155 Å². The van der Waals surface area contributed by atoms with E-state index in [0.717, 1.165) is 126 Å². The first-order chi connectivity index (χ1) is 49.7. The zero-order chi connectivity index (χ0) is 74.7. The average molecular weight is 1550 g/mol. The molecule has 6 N–H and O–H groups in total. The van der Waals surface area contributed by atoms with E-state index in [1.54, 1.807) is 6.20 Å². The van der Waals surface area contributed by atoms with Gasteiger partial charge in [-0.3, -0.25) is 14.4 Å². The summed E-state index contributed by atoms with van der Waals surface area (Å²) in [6, 6.07) is 38.6. The van der Waals surface area contributed by atoms with E-state index in [-0.39, 0.29) is 64.8 Å². The Balaban J connectivity index is 0.000000222. The molecular weight excluding hydrogens is 1450 g/mol. The zero-order valence-electron chi connectivity index (χ0n) is 61.3. The molecule has 3 aromatic heterocycles. The Morgan fingerprint density at radius 2 is 0.683 bits per heavy atom. The highest BCUT2D eigenvalue weighted by Gasteiger charge is 2.52. The van der Waals surface area contributed by atoms with Crippen molar-refractivity contribution in [1.82, 2.24) is 60.6 Å². The Hall–Kier alpha value is -9.11. The van der Waals surface area contributed by atoms with E-state index in [1.807, 2.05) is 145 Å². The van der Waals surface area contributed by atoms with E-state index >= 15 is 0 Å². The monoisotopic (exact) mass is 1540 g/mol. The minimum absolute atomic E-state index is 0.0764. The molecule has 550 valence electrons. The number of alkyl carbamates (subject to hydrolysis) is 3. The second-order valence-electron chi connectivity index (χ2n) is 28.6. The summed E-state index contributed by atoms with van der Waals surface area (Å²) in [5.41, 5.74) is 10.1. The Morgan fingerprint density at radius 3 is 0.933 bits per heavy atom. The molecule has 26 heteroatoms. The third-order valence-corrected chi connectivity index (χ3v) is 21.1. The molecule has 6 atom stereocenters. The van der Waals surface area contributed by atoms with E-state index < -0.39 is 43.5 Å². The first-order valence-corrected chi connectivity index (χ1v) is 37.0. The Kier molecular flexibility index (Phi) is 25.5. The lowest BCUT2D eigenvalue weighted by molar-refractivity contribution is -0.136. The smallest absolute Gasteiger partial charge is 0.453 e. The van der Waals surface area contributed by atoms with Gasteiger partial charge in [0, 0.05) is 28.6 Å². The topological polar surface area (TPSA) is 280 Å². The molecule has 8 aromatic rings. The minimum atomic E-state index is -0.684. The largest absolute Gasteiger partial charge is 0.494 e. The van der Waals surface area contributed by atoms with Gasteiger partial charge < -0.3 is 69.1 Å². The number of aromatic amines is 3. The number of benzene rings is 5. The number of halogens is 2. The molecule has 4 saturated heterocycles. The SMILES string of the molecule is Brc1ccc(Br)cc1.COC(=O)N[C@H](C(=O)N1CCC[C@H]1c1ncc(-c2ccc(-c3ccc(-c4ccc(-c5cnc([C@@H]6CCCN6C(=O)[C@@H](NC(=O)OC)C(C)C)[nH]5)cc4)cc3)cc2)[nH]1)C(C)C.COC(=O)N[C@H](C(=O)N1CCC[C@H]1c1ncc(-c2ccc(B3OC(C)(C)C(C)(C)O3)cc2)[nH]1)C(C)C. The third kappa shape index (κ3) is 18.3. The summed E-state index contributed by atoms with van der Waals surface area (Å²) in [5, 5.41) is 8.08. The number of carbonyl (C=O) groups excluding carboxylic acids is 6. The number of nitrogens with one attached hydrogen (secondary N) is 6. The standard InChI is InChI=1S/C46H54N8O6.C26H37BN4O5.C6H4Br2/c1-27(2)39(51-45(57)59-5)43(55)53-23-7-9-37(53)41-47-25-35(49-41)33-19-15-31(16-20-33)29-11-13-30(14-12-29)32-17-21-34(22-18-32)36-26-48-42(50-36)38-10-8-24-54(38)44(56)40(28(3)4)52-46(58)60-6;1-16(2)21(30-24(33)34-7)23(32)31-14-8-9-20(31)22-28-15-19(29-22)17-10-12-18(13-11-17)27-35-25(3,4)26(5,6)36-27;7-5-1-2-6(8)4-3-5/h11-22,25-28,37-40H,7-10,23-24H2,1-6H3,(H,47,49)(H,48,50)(H,51,57)(H,52,58);10-13,15-16,20-21H,8-9,14H2,1-7H3,(H,28,29)(H,30,33);1-4H/t37-,38-,39-,40-;20-,21-;/m00./s1. The molecule has 104 heavy (non-hydrogen) atoms. The van der Waals surface area contributed by atoms with Crippen molar-refractivity contribution in [2.24, 2.45) is 17.8 Å². The maximum absolute atomic E-state index is 13.5. The molecule has 7 heterocycles. The van der Waals surface area contributed by atoms with E-state index in [9.17, 15) is 28.8 Å². The molecule has 0 aliphatic carbocycles. The van der Waals surface area contributed by atoms with Crippen molar-refractivity contribution in [1.29, 1.82) is 0 Å². The molecule has 4 aliphatic rings. The van der Waals surface area contributed by atoms with Gasteiger partial charge in [0.2, 0.25) is 17.7 Å². The number of rotatable bonds is 18. The summed E-state index contributed by atoms with van der Waals surface area (Å²) in [4.78, 5) is 106. The summed E-state index contributed by atoms with van der Waals surface area (Å²) in [6.07, 6.45) is 8.53. The van der Waals surface area contributed by atoms with Gasteiger partial charge in [0.25, 0.3) is 0 Å². The van der Waals surface area contributed by atoms with Crippen molar-refractivity contribution in [2.75, 3.05) is 41.0 Å². The van der Waals surface area contributed by atoms with Crippen molar-refractivity contribution >= 4 is 80.4 Å². The van der Waals surface area contributed by atoms with Gasteiger partial charge in [-0.1, -0.05) is 170 Å². The van der Waals surface area contributed by atoms with Crippen molar-refractivity contribution < 1.29 is 52.3 Å². The van der Waals surface area contributed by atoms with Crippen LogP contribution in [0, 0.1) is 17.8 Å². The number of aromatic nitrogens is 6. The van der Waals surface area contributed by atoms with Crippen LogP contribution < -0.4 is 21.4 Å².